The molecule has 6 heteroatoms. The molecular formula is C15H27N3O3. The van der Waals surface area contributed by atoms with Crippen molar-refractivity contribution in [3.05, 3.63) is 0 Å². The summed E-state index contributed by atoms with van der Waals surface area (Å²) in [7, 11) is 0. The molecule has 1 aliphatic rings. The van der Waals surface area contributed by atoms with Gasteiger partial charge in [0.2, 0.25) is 17.7 Å². The number of nitrogens with one attached hydrogen (secondary N) is 2. The third kappa shape index (κ3) is 5.36. The Morgan fingerprint density at radius 2 is 1.86 bits per heavy atom. The van der Waals surface area contributed by atoms with Crippen LogP contribution in [0.4, 0.5) is 0 Å². The molecule has 1 fully saturated rings. The van der Waals surface area contributed by atoms with Gasteiger partial charge in [0.25, 0.3) is 0 Å². The zero-order chi connectivity index (χ0) is 16.0. The lowest BCUT2D eigenvalue weighted by molar-refractivity contribution is -0.143. The van der Waals surface area contributed by atoms with Crippen molar-refractivity contribution < 1.29 is 14.4 Å². The summed E-state index contributed by atoms with van der Waals surface area (Å²) in [6.45, 7) is 9.17. The molecule has 1 aliphatic heterocycles. The van der Waals surface area contributed by atoms with E-state index in [1.165, 1.54) is 0 Å². The van der Waals surface area contributed by atoms with E-state index in [0.717, 1.165) is 12.8 Å². The summed E-state index contributed by atoms with van der Waals surface area (Å²) in [4.78, 5) is 37.5. The van der Waals surface area contributed by atoms with Crippen LogP contribution in [-0.4, -0.2) is 48.8 Å². The number of piperidine rings is 1. The second-order valence-corrected chi connectivity index (χ2v) is 6.51. The Kier molecular flexibility index (Phi) is 6.18. The van der Waals surface area contributed by atoms with E-state index >= 15 is 0 Å². The first-order valence-corrected chi connectivity index (χ1v) is 7.59. The number of likely N-dealkylation sites (N-methyl/N-ethyl adjacent to an activating group) is 1. The minimum absolute atomic E-state index is 0.00358. The van der Waals surface area contributed by atoms with E-state index in [4.69, 9.17) is 0 Å². The van der Waals surface area contributed by atoms with Gasteiger partial charge >= 0.3 is 0 Å². The van der Waals surface area contributed by atoms with Gasteiger partial charge in [0.1, 0.15) is 0 Å². The third-order valence-corrected chi connectivity index (χ3v) is 3.52. The molecule has 0 radical (unpaired) electrons. The minimum atomic E-state index is -0.431. The van der Waals surface area contributed by atoms with E-state index in [0.29, 0.717) is 19.6 Å². The van der Waals surface area contributed by atoms with Crippen LogP contribution in [0.1, 0.15) is 40.5 Å². The summed E-state index contributed by atoms with van der Waals surface area (Å²) < 4.78 is 0. The smallest absolute Gasteiger partial charge is 0.239 e. The van der Waals surface area contributed by atoms with Gasteiger partial charge in [-0.2, -0.15) is 0 Å². The van der Waals surface area contributed by atoms with Crippen LogP contribution in [-0.2, 0) is 14.4 Å². The van der Waals surface area contributed by atoms with Crippen molar-refractivity contribution in [3.63, 3.8) is 0 Å². The lowest BCUT2D eigenvalue weighted by atomic mass is 9.91. The number of nitrogens with zero attached hydrogens (tertiary/aromatic N) is 1. The number of amides is 3. The standard InChI is InChI=1S/C15H27N3O3/c1-5-16-12(19)9-17-13(20)11-7-6-8-18(10-11)14(21)15(2,3)4/h11H,5-10H2,1-4H3,(H,16,19)(H,17,20)/t11-/m0/s1. The maximum absolute atomic E-state index is 12.3. The van der Waals surface area contributed by atoms with Gasteiger partial charge in [0, 0.05) is 25.0 Å². The van der Waals surface area contributed by atoms with Crippen molar-refractivity contribution in [2.75, 3.05) is 26.2 Å². The summed E-state index contributed by atoms with van der Waals surface area (Å²) >= 11 is 0. The van der Waals surface area contributed by atoms with Gasteiger partial charge in [-0.15, -0.1) is 0 Å². The number of hydrogen-bond donors (Lipinski definition) is 2. The molecule has 3 amide bonds. The average molecular weight is 297 g/mol. The fourth-order valence-electron chi connectivity index (χ4n) is 2.42. The lowest BCUT2D eigenvalue weighted by Gasteiger charge is -2.35. The van der Waals surface area contributed by atoms with Gasteiger partial charge in [-0.05, 0) is 19.8 Å². The molecule has 1 atom stereocenters. The number of rotatable bonds is 4. The van der Waals surface area contributed by atoms with Crippen molar-refractivity contribution in [1.29, 1.82) is 0 Å². The van der Waals surface area contributed by atoms with Gasteiger partial charge in [0.15, 0.2) is 0 Å². The second-order valence-electron chi connectivity index (χ2n) is 6.51. The zero-order valence-electron chi connectivity index (χ0n) is 13.5. The maximum atomic E-state index is 12.3. The van der Waals surface area contributed by atoms with Gasteiger partial charge < -0.3 is 15.5 Å². The molecule has 0 bridgehead atoms. The Morgan fingerprint density at radius 1 is 1.19 bits per heavy atom. The molecule has 0 aromatic carbocycles. The van der Waals surface area contributed by atoms with Gasteiger partial charge in [-0.25, -0.2) is 0 Å². The highest BCUT2D eigenvalue weighted by molar-refractivity contribution is 5.87. The molecular weight excluding hydrogens is 270 g/mol. The van der Waals surface area contributed by atoms with Crippen LogP contribution >= 0.6 is 0 Å². The quantitative estimate of drug-likeness (QED) is 0.794. The fourth-order valence-corrected chi connectivity index (χ4v) is 2.42. The minimum Gasteiger partial charge on any atom is -0.355 e. The molecule has 0 aromatic rings. The Morgan fingerprint density at radius 3 is 2.43 bits per heavy atom. The van der Waals surface area contributed by atoms with Crippen molar-refractivity contribution in [2.45, 2.75) is 40.5 Å². The Balaban J connectivity index is 2.50. The van der Waals surface area contributed by atoms with Gasteiger partial charge in [0.05, 0.1) is 12.5 Å². The summed E-state index contributed by atoms with van der Waals surface area (Å²) in [5.74, 6) is -0.486. The summed E-state index contributed by atoms with van der Waals surface area (Å²) in [5, 5.41) is 5.28. The Hall–Kier alpha value is -1.59. The molecule has 0 aliphatic carbocycles. The molecule has 1 saturated heterocycles. The van der Waals surface area contributed by atoms with E-state index in [1.54, 1.807) is 4.90 Å². The average Bonchev–Trinajstić information content (AvgIpc) is 2.43. The number of carbonyl (C=O) groups excluding carboxylic acids is 3. The Labute approximate surface area is 126 Å². The van der Waals surface area contributed by atoms with E-state index in [-0.39, 0.29) is 30.2 Å². The second kappa shape index (κ2) is 7.43. The Bertz CT molecular complexity index is 401. The molecule has 0 saturated carbocycles. The van der Waals surface area contributed by atoms with Crippen molar-refractivity contribution in [3.8, 4) is 0 Å². The molecule has 0 aromatic heterocycles. The molecule has 21 heavy (non-hydrogen) atoms. The molecule has 1 heterocycles. The normalized spacial score (nSPS) is 19.0. The number of carbonyl (C=O) groups is 3. The van der Waals surface area contributed by atoms with E-state index in [9.17, 15) is 14.4 Å². The predicted molar refractivity (Wildman–Crippen MR) is 80.5 cm³/mol. The first-order chi connectivity index (χ1) is 9.75. The molecule has 120 valence electrons. The number of likely N-dealkylation sites (tertiary alicyclic amines) is 1. The largest absolute Gasteiger partial charge is 0.355 e. The third-order valence-electron chi connectivity index (χ3n) is 3.52. The zero-order valence-corrected chi connectivity index (χ0v) is 13.5. The maximum Gasteiger partial charge on any atom is 0.239 e. The highest BCUT2D eigenvalue weighted by atomic mass is 16.2. The highest BCUT2D eigenvalue weighted by Crippen LogP contribution is 2.23. The lowest BCUT2D eigenvalue weighted by Crippen LogP contribution is -2.49. The van der Waals surface area contributed by atoms with E-state index in [2.05, 4.69) is 10.6 Å². The van der Waals surface area contributed by atoms with Crippen LogP contribution in [0.3, 0.4) is 0 Å². The molecule has 6 nitrogen and oxygen atoms in total. The van der Waals surface area contributed by atoms with Crippen LogP contribution in [0.5, 0.6) is 0 Å². The predicted octanol–water partition coefficient (Wildman–Crippen LogP) is 0.523. The van der Waals surface area contributed by atoms with Crippen molar-refractivity contribution in [1.82, 2.24) is 15.5 Å². The van der Waals surface area contributed by atoms with Crippen LogP contribution < -0.4 is 10.6 Å². The van der Waals surface area contributed by atoms with Gasteiger partial charge in [-0.1, -0.05) is 20.8 Å². The first-order valence-electron chi connectivity index (χ1n) is 7.59. The molecule has 1 rings (SSSR count). The van der Waals surface area contributed by atoms with Crippen LogP contribution in [0.15, 0.2) is 0 Å². The van der Waals surface area contributed by atoms with Crippen LogP contribution in [0, 0.1) is 11.3 Å². The first kappa shape index (κ1) is 17.5. The number of hydrogen-bond acceptors (Lipinski definition) is 3. The highest BCUT2D eigenvalue weighted by Gasteiger charge is 2.33. The topological polar surface area (TPSA) is 78.5 Å². The summed E-state index contributed by atoms with van der Waals surface area (Å²) in [6.07, 6.45) is 1.58. The van der Waals surface area contributed by atoms with Crippen molar-refractivity contribution >= 4 is 17.7 Å². The van der Waals surface area contributed by atoms with Gasteiger partial charge in [-0.3, -0.25) is 14.4 Å². The summed E-state index contributed by atoms with van der Waals surface area (Å²) in [5.41, 5.74) is -0.431. The van der Waals surface area contributed by atoms with E-state index < -0.39 is 5.41 Å². The monoisotopic (exact) mass is 297 g/mol. The summed E-state index contributed by atoms with van der Waals surface area (Å²) in [6, 6.07) is 0. The SMILES string of the molecule is CCNC(=O)CNC(=O)[C@H]1CCCN(C(=O)C(C)(C)C)C1. The van der Waals surface area contributed by atoms with Crippen molar-refractivity contribution in [2.24, 2.45) is 11.3 Å². The molecule has 0 unspecified atom stereocenters. The van der Waals surface area contributed by atoms with Crippen LogP contribution in [0.25, 0.3) is 0 Å². The molecule has 2 N–H and O–H groups in total. The molecule has 0 spiro atoms. The van der Waals surface area contributed by atoms with Crippen LogP contribution in [0.2, 0.25) is 0 Å². The van der Waals surface area contributed by atoms with E-state index in [1.807, 2.05) is 27.7 Å². The fraction of sp³-hybridized carbons (Fsp3) is 0.800.